The van der Waals surface area contributed by atoms with Gasteiger partial charge in [-0.3, -0.25) is 4.79 Å². The van der Waals surface area contributed by atoms with E-state index in [0.717, 1.165) is 50.4 Å². The second kappa shape index (κ2) is 9.35. The summed E-state index contributed by atoms with van der Waals surface area (Å²) in [7, 11) is 0. The Morgan fingerprint density at radius 3 is 2.67 bits per heavy atom. The molecule has 1 atom stereocenters. The van der Waals surface area contributed by atoms with E-state index in [4.69, 9.17) is 9.73 Å². The first-order valence-corrected chi connectivity index (χ1v) is 11.3. The zero-order valence-electron chi connectivity index (χ0n) is 18.0. The van der Waals surface area contributed by atoms with Gasteiger partial charge in [-0.15, -0.1) is 0 Å². The zero-order valence-corrected chi connectivity index (χ0v) is 18.0. The van der Waals surface area contributed by atoms with Crippen LogP contribution in [0.1, 0.15) is 37.3 Å². The average molecular weight is 415 g/mol. The van der Waals surface area contributed by atoms with E-state index in [1.807, 2.05) is 23.1 Å². The average Bonchev–Trinajstić information content (AvgIpc) is 3.14. The van der Waals surface area contributed by atoms with Crippen LogP contribution < -0.4 is 5.32 Å². The van der Waals surface area contributed by atoms with Crippen molar-refractivity contribution in [2.45, 2.75) is 38.2 Å². The number of nitrogens with zero attached hydrogens (tertiary/aromatic N) is 3. The van der Waals surface area contributed by atoms with Crippen LogP contribution >= 0.6 is 0 Å². The van der Waals surface area contributed by atoms with Crippen LogP contribution in [0.2, 0.25) is 0 Å². The molecule has 4 rings (SSSR count). The molecule has 0 aromatic heterocycles. The first kappa shape index (κ1) is 21.1. The predicted molar refractivity (Wildman–Crippen MR) is 116 cm³/mol. The molecule has 2 heterocycles. The van der Waals surface area contributed by atoms with Gasteiger partial charge in [0.2, 0.25) is 5.91 Å². The van der Waals surface area contributed by atoms with E-state index in [1.54, 1.807) is 0 Å². The summed E-state index contributed by atoms with van der Waals surface area (Å²) in [5.74, 6) is 1.21. The Morgan fingerprint density at radius 1 is 1.20 bits per heavy atom. The van der Waals surface area contributed by atoms with E-state index < -0.39 is 5.60 Å². The number of nitrogens with one attached hydrogen (secondary N) is 1. The van der Waals surface area contributed by atoms with Gasteiger partial charge in [0, 0.05) is 38.6 Å². The fraction of sp³-hybridized carbons (Fsp3) is 0.652. The lowest BCUT2D eigenvalue weighted by Gasteiger charge is -2.37. The van der Waals surface area contributed by atoms with E-state index in [9.17, 15) is 9.90 Å². The Labute approximate surface area is 179 Å². The van der Waals surface area contributed by atoms with Crippen molar-refractivity contribution in [2.24, 2.45) is 10.9 Å². The highest BCUT2D eigenvalue weighted by molar-refractivity contribution is 5.82. The molecule has 1 unspecified atom stereocenters. The van der Waals surface area contributed by atoms with Gasteiger partial charge in [0.25, 0.3) is 0 Å². The molecule has 2 fully saturated rings. The monoisotopic (exact) mass is 414 g/mol. The minimum atomic E-state index is -0.887. The SMILES string of the molecule is CCNC(=NCC1(O)CCc2ccccc21)N1CCC(C(=O)N2CCOCC2)CC1. The molecule has 30 heavy (non-hydrogen) atoms. The summed E-state index contributed by atoms with van der Waals surface area (Å²) in [5.41, 5.74) is 1.35. The lowest BCUT2D eigenvalue weighted by Crippen LogP contribution is -2.50. The summed E-state index contributed by atoms with van der Waals surface area (Å²) < 4.78 is 5.37. The zero-order chi connectivity index (χ0) is 21.0. The lowest BCUT2D eigenvalue weighted by molar-refractivity contribution is -0.140. The quantitative estimate of drug-likeness (QED) is 0.575. The summed E-state index contributed by atoms with van der Waals surface area (Å²) in [6.45, 7) is 7.53. The maximum Gasteiger partial charge on any atom is 0.225 e. The van der Waals surface area contributed by atoms with Crippen molar-refractivity contribution >= 4 is 11.9 Å². The highest BCUT2D eigenvalue weighted by Gasteiger charge is 2.37. The number of amides is 1. The number of carbonyl (C=O) groups excluding carboxylic acids is 1. The van der Waals surface area contributed by atoms with Gasteiger partial charge in [-0.25, -0.2) is 4.99 Å². The van der Waals surface area contributed by atoms with Gasteiger partial charge in [0.1, 0.15) is 5.60 Å². The molecular formula is C23H34N4O3. The highest BCUT2D eigenvalue weighted by Crippen LogP contribution is 2.37. The number of rotatable bonds is 4. The van der Waals surface area contributed by atoms with Crippen LogP contribution in [-0.2, 0) is 21.6 Å². The van der Waals surface area contributed by atoms with Crippen LogP contribution in [0.4, 0.5) is 0 Å². The van der Waals surface area contributed by atoms with E-state index in [-0.39, 0.29) is 11.8 Å². The Kier molecular flexibility index (Phi) is 6.58. The Morgan fingerprint density at radius 2 is 1.93 bits per heavy atom. The van der Waals surface area contributed by atoms with Crippen molar-refractivity contribution in [1.82, 2.24) is 15.1 Å². The number of guanidine groups is 1. The number of hydrogen-bond donors (Lipinski definition) is 2. The maximum absolute atomic E-state index is 12.8. The molecule has 3 aliphatic rings. The number of aliphatic imine (C=N–C) groups is 1. The van der Waals surface area contributed by atoms with Gasteiger partial charge in [-0.05, 0) is 43.7 Å². The number of ether oxygens (including phenoxy) is 1. The molecule has 2 aliphatic heterocycles. The van der Waals surface area contributed by atoms with Crippen molar-refractivity contribution in [3.05, 3.63) is 35.4 Å². The van der Waals surface area contributed by atoms with Gasteiger partial charge in [0.15, 0.2) is 5.96 Å². The molecule has 7 nitrogen and oxygen atoms in total. The summed E-state index contributed by atoms with van der Waals surface area (Å²) >= 11 is 0. The summed E-state index contributed by atoms with van der Waals surface area (Å²) in [6, 6.07) is 8.13. The van der Waals surface area contributed by atoms with Crippen molar-refractivity contribution in [3.63, 3.8) is 0 Å². The van der Waals surface area contributed by atoms with E-state index in [1.165, 1.54) is 5.56 Å². The topological polar surface area (TPSA) is 77.4 Å². The van der Waals surface area contributed by atoms with Crippen LogP contribution in [-0.4, -0.2) is 79.3 Å². The lowest BCUT2D eigenvalue weighted by atomic mass is 9.95. The van der Waals surface area contributed by atoms with Gasteiger partial charge < -0.3 is 25.0 Å². The van der Waals surface area contributed by atoms with Crippen LogP contribution in [0.25, 0.3) is 0 Å². The molecule has 0 spiro atoms. The minimum Gasteiger partial charge on any atom is -0.383 e. The number of hydrogen-bond acceptors (Lipinski definition) is 4. The third kappa shape index (κ3) is 4.47. The highest BCUT2D eigenvalue weighted by atomic mass is 16.5. The van der Waals surface area contributed by atoms with Crippen molar-refractivity contribution < 1.29 is 14.6 Å². The maximum atomic E-state index is 12.8. The number of likely N-dealkylation sites (tertiary alicyclic amines) is 1. The molecule has 1 aromatic carbocycles. The van der Waals surface area contributed by atoms with Crippen molar-refractivity contribution in [3.8, 4) is 0 Å². The van der Waals surface area contributed by atoms with E-state index >= 15 is 0 Å². The van der Waals surface area contributed by atoms with Crippen LogP contribution in [0.15, 0.2) is 29.3 Å². The molecule has 1 aliphatic carbocycles. The molecule has 2 saturated heterocycles. The molecule has 0 saturated carbocycles. The Balaban J connectivity index is 1.37. The Hall–Kier alpha value is -2.12. The molecule has 0 radical (unpaired) electrons. The number of aliphatic hydroxyl groups is 1. The summed E-state index contributed by atoms with van der Waals surface area (Å²) in [6.07, 6.45) is 3.29. The standard InChI is InChI=1S/C23H34N4O3/c1-2-24-22(25-17-23(29)10-7-18-5-3-4-6-20(18)23)27-11-8-19(9-12-27)21(28)26-13-15-30-16-14-26/h3-6,19,29H,2,7-17H2,1H3,(H,24,25). The number of fused-ring (bicyclic) bond motifs is 1. The Bertz CT molecular complexity index is 769. The third-order valence-electron chi connectivity index (χ3n) is 6.62. The van der Waals surface area contributed by atoms with Crippen molar-refractivity contribution in [2.75, 3.05) is 52.5 Å². The molecule has 7 heteroatoms. The summed E-state index contributed by atoms with van der Waals surface area (Å²) in [5, 5.41) is 14.6. The van der Waals surface area contributed by atoms with E-state index in [0.29, 0.717) is 39.3 Å². The fourth-order valence-corrected chi connectivity index (χ4v) is 4.84. The largest absolute Gasteiger partial charge is 0.383 e. The first-order chi connectivity index (χ1) is 14.6. The number of benzene rings is 1. The van der Waals surface area contributed by atoms with Gasteiger partial charge in [-0.1, -0.05) is 24.3 Å². The van der Waals surface area contributed by atoms with Gasteiger partial charge in [-0.2, -0.15) is 0 Å². The molecule has 1 amide bonds. The smallest absolute Gasteiger partial charge is 0.225 e. The molecule has 2 N–H and O–H groups in total. The van der Waals surface area contributed by atoms with E-state index in [2.05, 4.69) is 23.2 Å². The second-order valence-electron chi connectivity index (χ2n) is 8.56. The fourth-order valence-electron chi connectivity index (χ4n) is 4.84. The van der Waals surface area contributed by atoms with Crippen molar-refractivity contribution in [1.29, 1.82) is 0 Å². The third-order valence-corrected chi connectivity index (χ3v) is 6.62. The van der Waals surface area contributed by atoms with Gasteiger partial charge in [0.05, 0.1) is 19.8 Å². The van der Waals surface area contributed by atoms with Crippen LogP contribution in [0.3, 0.4) is 0 Å². The summed E-state index contributed by atoms with van der Waals surface area (Å²) in [4.78, 5) is 21.8. The minimum absolute atomic E-state index is 0.0909. The molecule has 0 bridgehead atoms. The van der Waals surface area contributed by atoms with Gasteiger partial charge >= 0.3 is 0 Å². The normalized spacial score (nSPS) is 25.3. The number of morpholine rings is 1. The van der Waals surface area contributed by atoms with Crippen LogP contribution in [0.5, 0.6) is 0 Å². The molecule has 1 aromatic rings. The van der Waals surface area contributed by atoms with Crippen LogP contribution in [0, 0.1) is 5.92 Å². The molecule has 164 valence electrons. The first-order valence-electron chi connectivity index (χ1n) is 11.3. The number of carbonyl (C=O) groups is 1. The molecular weight excluding hydrogens is 380 g/mol. The number of aryl methyl sites for hydroxylation is 1. The second-order valence-corrected chi connectivity index (χ2v) is 8.56. The predicted octanol–water partition coefficient (Wildman–Crippen LogP) is 1.36. The number of piperidine rings is 1.